The summed E-state index contributed by atoms with van der Waals surface area (Å²) in [5.41, 5.74) is 0.917. The van der Waals surface area contributed by atoms with E-state index in [1.807, 2.05) is 18.5 Å². The van der Waals surface area contributed by atoms with Crippen LogP contribution in [-0.4, -0.2) is 17.4 Å². The van der Waals surface area contributed by atoms with Crippen LogP contribution in [0.4, 0.5) is 18.9 Å². The van der Waals surface area contributed by atoms with Crippen LogP contribution in [0.15, 0.2) is 23.2 Å². The van der Waals surface area contributed by atoms with E-state index in [9.17, 15) is 13.2 Å². The Bertz CT molecular complexity index is 624. The quantitative estimate of drug-likeness (QED) is 0.838. The summed E-state index contributed by atoms with van der Waals surface area (Å²) >= 11 is 1.38. The van der Waals surface area contributed by atoms with Gasteiger partial charge in [0.05, 0.1) is 10.2 Å². The average molecular weight is 275 g/mol. The Morgan fingerprint density at radius 3 is 2.72 bits per heavy atom. The fourth-order valence-corrected chi connectivity index (χ4v) is 2.78. The van der Waals surface area contributed by atoms with Gasteiger partial charge in [-0.1, -0.05) is 11.3 Å². The Morgan fingerprint density at radius 1 is 1.39 bits per heavy atom. The molecule has 0 saturated heterocycles. The van der Waals surface area contributed by atoms with Crippen LogP contribution in [0.1, 0.15) is 6.92 Å². The highest BCUT2D eigenvalue weighted by Gasteiger charge is 2.27. The monoisotopic (exact) mass is 275 g/mol. The molecule has 18 heavy (non-hydrogen) atoms. The number of benzene rings is 1. The molecule has 0 bridgehead atoms. The van der Waals surface area contributed by atoms with E-state index < -0.39 is 6.30 Å². The van der Waals surface area contributed by atoms with E-state index in [0.29, 0.717) is 6.54 Å². The van der Waals surface area contributed by atoms with Crippen LogP contribution in [-0.2, 0) is 7.05 Å². The molecule has 0 fully saturated rings. The molecule has 1 aromatic heterocycles. The van der Waals surface area contributed by atoms with Crippen molar-refractivity contribution in [2.24, 2.45) is 12.0 Å². The molecule has 0 atom stereocenters. The molecule has 1 N–H and O–H groups in total. The van der Waals surface area contributed by atoms with Gasteiger partial charge in [0.2, 0.25) is 0 Å². The van der Waals surface area contributed by atoms with Gasteiger partial charge in [-0.25, -0.2) is 0 Å². The van der Waals surface area contributed by atoms with Crippen LogP contribution in [0, 0.1) is 0 Å². The van der Waals surface area contributed by atoms with Crippen molar-refractivity contribution in [2.45, 2.75) is 13.2 Å². The zero-order chi connectivity index (χ0) is 13.3. The molecule has 0 radical (unpaired) electrons. The Balaban J connectivity index is 2.50. The summed E-state index contributed by atoms with van der Waals surface area (Å²) in [6.45, 7) is 2.56. The van der Waals surface area contributed by atoms with Crippen molar-refractivity contribution in [3.63, 3.8) is 0 Å². The number of thiazole rings is 1. The number of halogens is 3. The minimum Gasteiger partial charge on any atom is -0.320 e. The number of aryl methyl sites for hydroxylation is 1. The van der Waals surface area contributed by atoms with E-state index in [0.717, 1.165) is 15.0 Å². The zero-order valence-corrected chi connectivity index (χ0v) is 10.7. The second-order valence-corrected chi connectivity index (χ2v) is 4.73. The lowest BCUT2D eigenvalue weighted by atomic mass is 10.3. The second-order valence-electron chi connectivity index (χ2n) is 3.72. The molecule has 7 heteroatoms. The Morgan fingerprint density at radius 2 is 2.11 bits per heavy atom. The minimum atomic E-state index is -4.41. The first-order valence-electron chi connectivity index (χ1n) is 5.35. The van der Waals surface area contributed by atoms with Gasteiger partial charge in [-0.05, 0) is 25.1 Å². The molecule has 1 heterocycles. The third-order valence-electron chi connectivity index (χ3n) is 2.39. The van der Waals surface area contributed by atoms with Crippen LogP contribution < -0.4 is 10.1 Å². The van der Waals surface area contributed by atoms with Gasteiger partial charge in [0.15, 0.2) is 4.80 Å². The lowest BCUT2D eigenvalue weighted by Crippen LogP contribution is -2.20. The Kier molecular flexibility index (Phi) is 3.34. The van der Waals surface area contributed by atoms with E-state index in [1.165, 1.54) is 28.8 Å². The molecular weight excluding hydrogens is 263 g/mol. The summed E-state index contributed by atoms with van der Waals surface area (Å²) in [4.78, 5) is 5.09. The minimum absolute atomic E-state index is 0.0416. The van der Waals surface area contributed by atoms with E-state index in [4.69, 9.17) is 0 Å². The van der Waals surface area contributed by atoms with Gasteiger partial charge in [0.25, 0.3) is 0 Å². The molecule has 0 aliphatic rings. The maximum absolute atomic E-state index is 12.2. The third kappa shape index (κ3) is 2.66. The van der Waals surface area contributed by atoms with Crippen molar-refractivity contribution in [1.29, 1.82) is 0 Å². The molecule has 0 aliphatic carbocycles. The number of nitrogens with one attached hydrogen (secondary N) is 1. The maximum Gasteiger partial charge on any atom is 0.482 e. The smallest absolute Gasteiger partial charge is 0.320 e. The van der Waals surface area contributed by atoms with Crippen molar-refractivity contribution in [1.82, 2.24) is 4.57 Å². The summed E-state index contributed by atoms with van der Waals surface area (Å²) in [6, 6.07) is 4.56. The van der Waals surface area contributed by atoms with E-state index in [1.54, 1.807) is 6.07 Å². The second kappa shape index (κ2) is 4.64. The van der Waals surface area contributed by atoms with Gasteiger partial charge in [-0.3, -0.25) is 10.3 Å². The molecule has 3 nitrogen and oxygen atoms in total. The summed E-state index contributed by atoms with van der Waals surface area (Å²) in [5.74, 6) is 0. The van der Waals surface area contributed by atoms with Gasteiger partial charge >= 0.3 is 6.30 Å². The molecular formula is C11H12F3N3S. The van der Waals surface area contributed by atoms with Crippen molar-refractivity contribution in [2.75, 3.05) is 11.9 Å². The van der Waals surface area contributed by atoms with E-state index in [2.05, 4.69) is 4.99 Å². The van der Waals surface area contributed by atoms with Crippen LogP contribution in [0.2, 0.25) is 0 Å². The number of nitrogens with zero attached hydrogens (tertiary/aromatic N) is 2. The predicted molar refractivity (Wildman–Crippen MR) is 66.6 cm³/mol. The zero-order valence-electron chi connectivity index (χ0n) is 9.88. The molecule has 1 aromatic carbocycles. The van der Waals surface area contributed by atoms with Gasteiger partial charge in [-0.15, -0.1) is 0 Å². The van der Waals surface area contributed by atoms with Gasteiger partial charge in [0, 0.05) is 19.3 Å². The Labute approximate surface area is 106 Å². The lowest BCUT2D eigenvalue weighted by molar-refractivity contribution is -0.0999. The average Bonchev–Trinajstić information content (AvgIpc) is 2.54. The predicted octanol–water partition coefficient (Wildman–Crippen LogP) is 3.09. The highest BCUT2D eigenvalue weighted by atomic mass is 32.1. The topological polar surface area (TPSA) is 29.3 Å². The molecule has 2 aromatic rings. The van der Waals surface area contributed by atoms with Crippen LogP contribution >= 0.6 is 11.3 Å². The third-order valence-corrected chi connectivity index (χ3v) is 3.52. The molecule has 0 spiro atoms. The first kappa shape index (κ1) is 12.9. The number of rotatable bonds is 2. The maximum atomic E-state index is 12.2. The van der Waals surface area contributed by atoms with Crippen molar-refractivity contribution in [3.05, 3.63) is 23.0 Å². The van der Waals surface area contributed by atoms with Gasteiger partial charge in [-0.2, -0.15) is 13.2 Å². The fraction of sp³-hybridized carbons (Fsp3) is 0.364. The number of alkyl halides is 3. The number of hydrogen-bond acceptors (Lipinski definition) is 3. The first-order chi connectivity index (χ1) is 8.40. The lowest BCUT2D eigenvalue weighted by Gasteiger charge is -2.09. The molecule has 98 valence electrons. The molecule has 0 amide bonds. The van der Waals surface area contributed by atoms with Crippen molar-refractivity contribution < 1.29 is 13.2 Å². The number of anilines is 1. The van der Waals surface area contributed by atoms with Gasteiger partial charge in [0.1, 0.15) is 0 Å². The normalized spacial score (nSPS) is 13.3. The molecule has 0 unspecified atom stereocenters. The summed E-state index contributed by atoms with van der Waals surface area (Å²) < 4.78 is 39.3. The Hall–Kier alpha value is -1.50. The van der Waals surface area contributed by atoms with Crippen LogP contribution in [0.5, 0.6) is 0 Å². The molecule has 0 saturated carbocycles. The van der Waals surface area contributed by atoms with Crippen molar-refractivity contribution >= 4 is 27.2 Å². The fourth-order valence-electron chi connectivity index (χ4n) is 1.66. The molecule has 0 aliphatic heterocycles. The molecule has 2 rings (SSSR count). The number of hydrogen-bond donors (Lipinski definition) is 1. The highest BCUT2D eigenvalue weighted by Crippen LogP contribution is 2.25. The van der Waals surface area contributed by atoms with Crippen LogP contribution in [0.25, 0.3) is 10.2 Å². The van der Waals surface area contributed by atoms with E-state index in [-0.39, 0.29) is 5.69 Å². The van der Waals surface area contributed by atoms with Crippen LogP contribution in [0.3, 0.4) is 0 Å². The number of aromatic nitrogens is 1. The highest BCUT2D eigenvalue weighted by molar-refractivity contribution is 7.16. The summed E-state index contributed by atoms with van der Waals surface area (Å²) in [6.07, 6.45) is -4.41. The standard InChI is InChI=1S/C11H12F3N3S/c1-3-15-10-17(2)8-5-4-7(6-9(8)18-10)16-11(12,13)14/h4-6,16H,3H2,1-2H3. The number of fused-ring (bicyclic) bond motifs is 1. The van der Waals surface area contributed by atoms with Crippen molar-refractivity contribution in [3.8, 4) is 0 Å². The largest absolute Gasteiger partial charge is 0.482 e. The SMILES string of the molecule is CCN=c1sc2cc(NC(F)(F)F)ccc2n1C. The summed E-state index contributed by atoms with van der Waals surface area (Å²) in [5, 5.41) is 1.50. The summed E-state index contributed by atoms with van der Waals surface area (Å²) in [7, 11) is 1.85. The van der Waals surface area contributed by atoms with Gasteiger partial charge < -0.3 is 4.57 Å². The van der Waals surface area contributed by atoms with E-state index >= 15 is 0 Å². The first-order valence-corrected chi connectivity index (χ1v) is 6.17.